The molecule has 4 N–H and O–H groups in total. The quantitative estimate of drug-likeness (QED) is 0.367. The molecule has 32 heavy (non-hydrogen) atoms. The molecule has 11 heteroatoms. The largest absolute Gasteiger partial charge is 0.396 e. The molecule has 0 radical (unpaired) electrons. The highest BCUT2D eigenvalue weighted by atomic mass is 32.1. The number of nitrogens with zero attached hydrogens (tertiary/aromatic N) is 4. The number of nitrogens with one attached hydrogen (secondary N) is 2. The third-order valence-corrected chi connectivity index (χ3v) is 5.84. The van der Waals surface area contributed by atoms with Gasteiger partial charge in [0.15, 0.2) is 6.29 Å². The highest BCUT2D eigenvalue weighted by Gasteiger charge is 2.26. The summed E-state index contributed by atoms with van der Waals surface area (Å²) < 4.78 is 5.03. The Labute approximate surface area is 188 Å². The molecule has 0 aliphatic carbocycles. The number of carbonyl (C=O) groups excluding carboxylic acids is 2. The molecule has 4 rings (SSSR count). The van der Waals surface area contributed by atoms with E-state index in [9.17, 15) is 9.59 Å². The van der Waals surface area contributed by atoms with Crippen molar-refractivity contribution in [3.63, 3.8) is 0 Å². The van der Waals surface area contributed by atoms with Gasteiger partial charge in [-0.1, -0.05) is 0 Å². The molecule has 0 saturated heterocycles. The molecular weight excluding hydrogens is 430 g/mol. The zero-order valence-electron chi connectivity index (χ0n) is 17.5. The minimum Gasteiger partial charge on any atom is -0.396 e. The second-order valence-electron chi connectivity index (χ2n) is 7.15. The molecule has 0 bridgehead atoms. The summed E-state index contributed by atoms with van der Waals surface area (Å²) in [5.74, 6) is 0.839. The number of amides is 2. The summed E-state index contributed by atoms with van der Waals surface area (Å²) in [6, 6.07) is 3.23. The number of nitrogens with two attached hydrogens (primary N) is 1. The van der Waals surface area contributed by atoms with Crippen molar-refractivity contribution in [2.45, 2.75) is 12.8 Å². The summed E-state index contributed by atoms with van der Waals surface area (Å²) in [6.45, 7) is 1.57. The summed E-state index contributed by atoms with van der Waals surface area (Å²) in [5, 5.41) is 5.95. The van der Waals surface area contributed by atoms with E-state index < -0.39 is 0 Å². The summed E-state index contributed by atoms with van der Waals surface area (Å²) in [4.78, 5) is 40.0. The van der Waals surface area contributed by atoms with Gasteiger partial charge in [-0.15, -0.1) is 11.3 Å². The number of hydrogen-bond donors (Lipinski definition) is 3. The van der Waals surface area contributed by atoms with E-state index in [0.29, 0.717) is 49.0 Å². The fraction of sp³-hybridized carbons (Fsp3) is 0.286. The molecule has 0 spiro atoms. The van der Waals surface area contributed by atoms with Crippen LogP contribution in [0.2, 0.25) is 0 Å². The van der Waals surface area contributed by atoms with E-state index in [1.54, 1.807) is 29.8 Å². The van der Waals surface area contributed by atoms with Gasteiger partial charge in [0.1, 0.15) is 17.3 Å². The zero-order valence-corrected chi connectivity index (χ0v) is 18.3. The number of carbonyl (C=O) groups is 2. The smallest absolute Gasteiger partial charge is 0.328 e. The Balaban J connectivity index is 1.57. The van der Waals surface area contributed by atoms with Crippen molar-refractivity contribution in [3.05, 3.63) is 41.3 Å². The predicted octanol–water partition coefficient (Wildman–Crippen LogP) is 3.04. The maximum absolute atomic E-state index is 13.1. The lowest BCUT2D eigenvalue weighted by atomic mass is 10.0. The van der Waals surface area contributed by atoms with Crippen LogP contribution in [0.3, 0.4) is 0 Å². The van der Waals surface area contributed by atoms with Gasteiger partial charge in [0.25, 0.3) is 0 Å². The number of aryl methyl sites for hydroxylation is 1. The van der Waals surface area contributed by atoms with E-state index in [1.165, 1.54) is 17.5 Å². The Morgan fingerprint density at radius 2 is 2.25 bits per heavy atom. The predicted molar refractivity (Wildman–Crippen MR) is 124 cm³/mol. The van der Waals surface area contributed by atoms with E-state index in [2.05, 4.69) is 25.6 Å². The molecule has 2 amide bonds. The maximum Gasteiger partial charge on any atom is 0.328 e. The third kappa shape index (κ3) is 4.53. The van der Waals surface area contributed by atoms with Crippen molar-refractivity contribution in [1.29, 1.82) is 0 Å². The average Bonchev–Trinajstić information content (AvgIpc) is 3.34. The van der Waals surface area contributed by atoms with Crippen molar-refractivity contribution < 1.29 is 14.3 Å². The van der Waals surface area contributed by atoms with Crippen molar-refractivity contribution >= 4 is 46.7 Å². The van der Waals surface area contributed by atoms with Crippen LogP contribution in [-0.2, 0) is 11.2 Å². The number of aldehydes is 1. The molecule has 1 aliphatic heterocycles. The second-order valence-corrected chi connectivity index (χ2v) is 8.04. The Bertz CT molecular complexity index is 1120. The molecule has 10 nitrogen and oxygen atoms in total. The summed E-state index contributed by atoms with van der Waals surface area (Å²) in [6.07, 6.45) is 5.45. The van der Waals surface area contributed by atoms with Crippen molar-refractivity contribution in [3.8, 4) is 10.4 Å². The number of rotatable bonds is 7. The van der Waals surface area contributed by atoms with Crippen LogP contribution in [0.5, 0.6) is 0 Å². The molecule has 0 saturated carbocycles. The van der Waals surface area contributed by atoms with Gasteiger partial charge in [-0.3, -0.25) is 20.0 Å². The lowest BCUT2D eigenvalue weighted by Crippen LogP contribution is -2.39. The minimum absolute atomic E-state index is 0.280. The zero-order chi connectivity index (χ0) is 22.5. The van der Waals surface area contributed by atoms with Crippen LogP contribution >= 0.6 is 11.3 Å². The molecule has 1 aliphatic rings. The van der Waals surface area contributed by atoms with Gasteiger partial charge in [0.05, 0.1) is 34.6 Å². The minimum atomic E-state index is -0.374. The second kappa shape index (κ2) is 9.71. The van der Waals surface area contributed by atoms with E-state index in [0.717, 1.165) is 28.8 Å². The van der Waals surface area contributed by atoms with Gasteiger partial charge >= 0.3 is 6.03 Å². The van der Waals surface area contributed by atoms with Gasteiger partial charge in [0, 0.05) is 38.0 Å². The Hall–Kier alpha value is -3.57. The number of pyridine rings is 2. The number of methoxy groups -OCH3 is 1. The van der Waals surface area contributed by atoms with Gasteiger partial charge in [0.2, 0.25) is 0 Å². The number of hydrogen-bond acceptors (Lipinski definition) is 9. The fourth-order valence-corrected chi connectivity index (χ4v) is 4.14. The Kier molecular flexibility index (Phi) is 6.57. The third-order valence-electron chi connectivity index (χ3n) is 5.04. The first-order chi connectivity index (χ1) is 15.6. The topological polar surface area (TPSA) is 135 Å². The number of anilines is 4. The molecule has 0 fully saturated rings. The monoisotopic (exact) mass is 453 g/mol. The number of thiazole rings is 1. The van der Waals surface area contributed by atoms with Crippen molar-refractivity contribution in [1.82, 2.24) is 15.0 Å². The van der Waals surface area contributed by atoms with E-state index in [4.69, 9.17) is 10.5 Å². The average molecular weight is 454 g/mol. The van der Waals surface area contributed by atoms with Crippen molar-refractivity contribution in [2.24, 2.45) is 0 Å². The molecule has 4 heterocycles. The Morgan fingerprint density at radius 3 is 3.00 bits per heavy atom. The summed E-state index contributed by atoms with van der Waals surface area (Å²) in [5.41, 5.74) is 10.7. The standard InChI is InChI=1S/C21H23N7O3S/c1-31-6-4-24-16-8-19(25-9-15(16)22)27-21(30)28-5-2-3-13-7-14(18-10-23-12-32-18)17(11-29)26-20(13)28/h7-12H,2-6,22H2,1H3,(H2,24,25,27,30). The van der Waals surface area contributed by atoms with Crippen LogP contribution < -0.4 is 21.3 Å². The van der Waals surface area contributed by atoms with Gasteiger partial charge in [-0.2, -0.15) is 0 Å². The van der Waals surface area contributed by atoms with Gasteiger partial charge < -0.3 is 15.8 Å². The first kappa shape index (κ1) is 21.7. The number of nitrogen functional groups attached to an aromatic ring is 1. The first-order valence-electron chi connectivity index (χ1n) is 10.1. The van der Waals surface area contributed by atoms with Gasteiger partial charge in [-0.05, 0) is 24.5 Å². The first-order valence-corrected chi connectivity index (χ1v) is 10.9. The normalized spacial score (nSPS) is 12.8. The van der Waals surface area contributed by atoms with Crippen molar-refractivity contribution in [2.75, 3.05) is 48.1 Å². The number of urea groups is 1. The lowest BCUT2D eigenvalue weighted by Gasteiger charge is -2.29. The summed E-state index contributed by atoms with van der Waals surface area (Å²) >= 11 is 1.44. The summed E-state index contributed by atoms with van der Waals surface area (Å²) in [7, 11) is 1.62. The van der Waals surface area contributed by atoms with E-state index >= 15 is 0 Å². The molecule has 166 valence electrons. The maximum atomic E-state index is 13.1. The highest BCUT2D eigenvalue weighted by molar-refractivity contribution is 7.13. The Morgan fingerprint density at radius 1 is 1.38 bits per heavy atom. The molecule has 0 atom stereocenters. The van der Waals surface area contributed by atoms with Crippen LogP contribution in [0.25, 0.3) is 10.4 Å². The number of aromatic nitrogens is 3. The van der Waals surface area contributed by atoms with E-state index in [-0.39, 0.29) is 11.7 Å². The number of fused-ring (bicyclic) bond motifs is 1. The molecular formula is C21H23N7O3S. The lowest BCUT2D eigenvalue weighted by molar-refractivity contribution is 0.111. The van der Waals surface area contributed by atoms with Gasteiger partial charge in [-0.25, -0.2) is 14.8 Å². The van der Waals surface area contributed by atoms with E-state index in [1.807, 2.05) is 6.07 Å². The molecule has 0 unspecified atom stereocenters. The van der Waals surface area contributed by atoms with Crippen LogP contribution in [0.4, 0.5) is 27.8 Å². The van der Waals surface area contributed by atoms with Crippen LogP contribution in [0.1, 0.15) is 22.5 Å². The molecule has 3 aromatic rings. The fourth-order valence-electron chi connectivity index (χ4n) is 3.50. The van der Waals surface area contributed by atoms with Crippen LogP contribution in [0, 0.1) is 0 Å². The number of ether oxygens (including phenoxy) is 1. The SMILES string of the molecule is COCCNc1cc(NC(=O)N2CCCc3cc(-c4cncs4)c(C=O)nc32)ncc1N. The van der Waals surface area contributed by atoms with Crippen LogP contribution in [0.15, 0.2) is 30.0 Å². The molecule has 0 aromatic carbocycles. The highest BCUT2D eigenvalue weighted by Crippen LogP contribution is 2.33. The van der Waals surface area contributed by atoms with Crippen LogP contribution in [-0.4, -0.2) is 54.1 Å². The molecule has 3 aromatic heterocycles.